The molecular formula is C23H20N2O5. The minimum atomic E-state index is -0.690. The molecule has 0 fully saturated rings. The summed E-state index contributed by atoms with van der Waals surface area (Å²) in [5.74, 6) is -1.49. The van der Waals surface area contributed by atoms with E-state index in [1.165, 1.54) is 23.8 Å². The van der Waals surface area contributed by atoms with Crippen LogP contribution in [0.2, 0.25) is 0 Å². The van der Waals surface area contributed by atoms with Crippen molar-refractivity contribution >= 4 is 29.1 Å². The quantitative estimate of drug-likeness (QED) is 0.480. The van der Waals surface area contributed by atoms with E-state index in [2.05, 4.69) is 5.32 Å². The molecule has 1 heterocycles. The average Bonchev–Trinajstić information content (AvgIpc) is 3.15. The maximum Gasteiger partial charge on any atom is 0.355 e. The Balaban J connectivity index is 1.57. The largest absolute Gasteiger partial charge is 0.453 e. The van der Waals surface area contributed by atoms with Crippen LogP contribution < -0.4 is 5.32 Å². The van der Waals surface area contributed by atoms with Gasteiger partial charge in [0, 0.05) is 35.6 Å². The van der Waals surface area contributed by atoms with Gasteiger partial charge in [0.2, 0.25) is 0 Å². The molecule has 0 radical (unpaired) electrons. The number of amides is 1. The van der Waals surface area contributed by atoms with Gasteiger partial charge in [-0.1, -0.05) is 18.2 Å². The fraction of sp³-hybridized carbons (Fsp3) is 0.130. The molecule has 0 aliphatic rings. The number of aromatic nitrogens is 1. The number of nitrogens with zero attached hydrogens (tertiary/aromatic N) is 1. The van der Waals surface area contributed by atoms with Crippen LogP contribution >= 0.6 is 0 Å². The molecule has 0 bridgehead atoms. The van der Waals surface area contributed by atoms with Gasteiger partial charge in [0.05, 0.1) is 0 Å². The summed E-state index contributed by atoms with van der Waals surface area (Å²) in [7, 11) is 1.62. The maximum atomic E-state index is 12.3. The molecular weight excluding hydrogens is 384 g/mol. The number of carbonyl (C=O) groups excluding carboxylic acids is 4. The predicted molar refractivity (Wildman–Crippen MR) is 111 cm³/mol. The number of ketones is 2. The van der Waals surface area contributed by atoms with E-state index in [-0.39, 0.29) is 23.2 Å². The Morgan fingerprint density at radius 1 is 0.900 bits per heavy atom. The number of nitrogens with one attached hydrogen (secondary N) is 1. The molecule has 1 aromatic heterocycles. The summed E-state index contributed by atoms with van der Waals surface area (Å²) in [5.41, 5.74) is 1.99. The number of rotatable bonds is 7. The van der Waals surface area contributed by atoms with Crippen LogP contribution in [0.4, 0.5) is 5.69 Å². The molecule has 3 rings (SSSR count). The Bertz CT molecular complexity index is 1100. The number of benzene rings is 2. The highest BCUT2D eigenvalue weighted by Crippen LogP contribution is 2.13. The summed E-state index contributed by atoms with van der Waals surface area (Å²) >= 11 is 0. The van der Waals surface area contributed by atoms with E-state index >= 15 is 0 Å². The lowest BCUT2D eigenvalue weighted by molar-refractivity contribution is 0.0465. The second kappa shape index (κ2) is 9.00. The minimum absolute atomic E-state index is 0.167. The molecule has 0 atom stereocenters. The van der Waals surface area contributed by atoms with Crippen molar-refractivity contribution in [3.05, 3.63) is 89.2 Å². The van der Waals surface area contributed by atoms with Crippen molar-refractivity contribution < 1.29 is 23.9 Å². The summed E-state index contributed by atoms with van der Waals surface area (Å²) < 4.78 is 6.56. The van der Waals surface area contributed by atoms with Gasteiger partial charge in [-0.25, -0.2) is 4.79 Å². The van der Waals surface area contributed by atoms with E-state index in [0.29, 0.717) is 22.4 Å². The van der Waals surface area contributed by atoms with Crippen LogP contribution in [0.25, 0.3) is 0 Å². The Morgan fingerprint density at radius 3 is 2.17 bits per heavy atom. The number of Topliss-reactive ketones (excluding diaryl/α,β-unsaturated/α-hetero) is 2. The first-order valence-electron chi connectivity index (χ1n) is 9.19. The van der Waals surface area contributed by atoms with Crippen LogP contribution in [-0.2, 0) is 11.8 Å². The molecule has 0 spiro atoms. The smallest absolute Gasteiger partial charge is 0.355 e. The second-order valence-electron chi connectivity index (χ2n) is 6.68. The minimum Gasteiger partial charge on any atom is -0.453 e. The molecule has 152 valence electrons. The van der Waals surface area contributed by atoms with Crippen molar-refractivity contribution in [1.82, 2.24) is 4.57 Å². The van der Waals surface area contributed by atoms with E-state index in [0.717, 1.165) is 0 Å². The van der Waals surface area contributed by atoms with Crippen LogP contribution in [0, 0.1) is 0 Å². The van der Waals surface area contributed by atoms with Crippen LogP contribution in [0.1, 0.15) is 48.5 Å². The monoisotopic (exact) mass is 404 g/mol. The third kappa shape index (κ3) is 4.88. The van der Waals surface area contributed by atoms with E-state index in [1.54, 1.807) is 55.6 Å². The van der Waals surface area contributed by atoms with Gasteiger partial charge in [0.25, 0.3) is 5.91 Å². The van der Waals surface area contributed by atoms with Gasteiger partial charge in [-0.15, -0.1) is 0 Å². The normalized spacial score (nSPS) is 10.3. The summed E-state index contributed by atoms with van der Waals surface area (Å²) in [6.07, 6.45) is 1.53. The molecule has 1 amide bonds. The van der Waals surface area contributed by atoms with Crippen molar-refractivity contribution in [2.45, 2.75) is 6.92 Å². The highest BCUT2D eigenvalue weighted by atomic mass is 16.5. The molecule has 1 N–H and O–H groups in total. The van der Waals surface area contributed by atoms with Gasteiger partial charge >= 0.3 is 5.97 Å². The van der Waals surface area contributed by atoms with Gasteiger partial charge in [-0.3, -0.25) is 14.4 Å². The molecule has 7 nitrogen and oxygen atoms in total. The highest BCUT2D eigenvalue weighted by Gasteiger charge is 2.17. The SMILES string of the molecule is CC(=O)c1cc(C(=O)OCC(=O)c2ccc(NC(=O)c3ccccc3)cc2)n(C)c1. The highest BCUT2D eigenvalue weighted by molar-refractivity contribution is 6.05. The molecule has 7 heteroatoms. The fourth-order valence-corrected chi connectivity index (χ4v) is 2.78. The number of ether oxygens (including phenoxy) is 1. The Morgan fingerprint density at radius 2 is 1.57 bits per heavy atom. The lowest BCUT2D eigenvalue weighted by atomic mass is 10.1. The lowest BCUT2D eigenvalue weighted by Gasteiger charge is -2.07. The summed E-state index contributed by atoms with van der Waals surface area (Å²) in [4.78, 5) is 48.1. The Kier molecular flexibility index (Phi) is 6.22. The number of esters is 1. The van der Waals surface area contributed by atoms with Crippen LogP contribution in [0.3, 0.4) is 0 Å². The molecule has 0 unspecified atom stereocenters. The number of carbonyl (C=O) groups is 4. The van der Waals surface area contributed by atoms with E-state index in [9.17, 15) is 19.2 Å². The van der Waals surface area contributed by atoms with Gasteiger partial charge in [0.15, 0.2) is 18.2 Å². The van der Waals surface area contributed by atoms with Gasteiger partial charge < -0.3 is 14.6 Å². The Labute approximate surface area is 173 Å². The zero-order valence-corrected chi connectivity index (χ0v) is 16.5. The fourth-order valence-electron chi connectivity index (χ4n) is 2.78. The van der Waals surface area contributed by atoms with Crippen molar-refractivity contribution in [2.75, 3.05) is 11.9 Å². The topological polar surface area (TPSA) is 94.5 Å². The lowest BCUT2D eigenvalue weighted by Crippen LogP contribution is -2.16. The molecule has 0 saturated heterocycles. The van der Waals surface area contributed by atoms with Gasteiger partial charge in [-0.2, -0.15) is 0 Å². The van der Waals surface area contributed by atoms with Crippen LogP contribution in [0.15, 0.2) is 66.9 Å². The Hall–Kier alpha value is -4.00. The standard InChI is InChI=1S/C23H20N2O5/c1-15(26)18-12-20(25(2)13-18)23(29)30-14-21(27)16-8-10-19(11-9-16)24-22(28)17-6-4-3-5-7-17/h3-13H,14H2,1-2H3,(H,24,28). The molecule has 3 aromatic rings. The maximum absolute atomic E-state index is 12.3. The number of hydrogen-bond donors (Lipinski definition) is 1. The first-order chi connectivity index (χ1) is 14.3. The first kappa shape index (κ1) is 20.7. The molecule has 2 aromatic carbocycles. The predicted octanol–water partition coefficient (Wildman–Crippen LogP) is 3.52. The zero-order valence-electron chi connectivity index (χ0n) is 16.5. The van der Waals surface area contributed by atoms with E-state index in [1.807, 2.05) is 6.07 Å². The van der Waals surface area contributed by atoms with Crippen molar-refractivity contribution in [3.8, 4) is 0 Å². The van der Waals surface area contributed by atoms with Crippen LogP contribution in [0.5, 0.6) is 0 Å². The van der Waals surface area contributed by atoms with Gasteiger partial charge in [0.1, 0.15) is 5.69 Å². The van der Waals surface area contributed by atoms with E-state index in [4.69, 9.17) is 4.74 Å². The molecule has 0 aliphatic carbocycles. The number of aryl methyl sites for hydroxylation is 1. The third-order valence-corrected chi connectivity index (χ3v) is 4.46. The van der Waals surface area contributed by atoms with Crippen molar-refractivity contribution in [2.24, 2.45) is 7.05 Å². The zero-order chi connectivity index (χ0) is 21.7. The van der Waals surface area contributed by atoms with Crippen molar-refractivity contribution in [1.29, 1.82) is 0 Å². The first-order valence-corrected chi connectivity index (χ1v) is 9.19. The van der Waals surface area contributed by atoms with Crippen molar-refractivity contribution in [3.63, 3.8) is 0 Å². The molecule has 0 aliphatic heterocycles. The number of hydrogen-bond acceptors (Lipinski definition) is 5. The van der Waals surface area contributed by atoms with Crippen LogP contribution in [-0.4, -0.2) is 34.6 Å². The molecule has 0 saturated carbocycles. The van der Waals surface area contributed by atoms with E-state index < -0.39 is 12.6 Å². The molecule has 30 heavy (non-hydrogen) atoms. The number of anilines is 1. The third-order valence-electron chi connectivity index (χ3n) is 4.46. The summed E-state index contributed by atoms with van der Waals surface area (Å²) in [6, 6.07) is 16.5. The second-order valence-corrected chi connectivity index (χ2v) is 6.68. The summed E-state index contributed by atoms with van der Waals surface area (Å²) in [6.45, 7) is 0.967. The average molecular weight is 404 g/mol. The summed E-state index contributed by atoms with van der Waals surface area (Å²) in [5, 5.41) is 2.75. The van der Waals surface area contributed by atoms with Gasteiger partial charge in [-0.05, 0) is 49.4 Å².